The van der Waals surface area contributed by atoms with Crippen LogP contribution in [0, 0.1) is 5.92 Å². The van der Waals surface area contributed by atoms with E-state index in [2.05, 4.69) is 24.5 Å². The number of imide groups is 1. The monoisotopic (exact) mass is 255 g/mol. The van der Waals surface area contributed by atoms with Gasteiger partial charge in [0.25, 0.3) is 5.91 Å². The molecule has 0 aromatic rings. The van der Waals surface area contributed by atoms with Gasteiger partial charge in [-0.3, -0.25) is 9.69 Å². The van der Waals surface area contributed by atoms with Gasteiger partial charge in [-0.2, -0.15) is 0 Å². The summed E-state index contributed by atoms with van der Waals surface area (Å²) < 4.78 is 0. The minimum absolute atomic E-state index is 0.105. The van der Waals surface area contributed by atoms with E-state index in [1.54, 1.807) is 6.92 Å². The number of rotatable bonds is 6. The summed E-state index contributed by atoms with van der Waals surface area (Å²) in [5.41, 5.74) is -0.720. The van der Waals surface area contributed by atoms with Crippen molar-refractivity contribution in [1.82, 2.24) is 15.5 Å². The van der Waals surface area contributed by atoms with E-state index in [-0.39, 0.29) is 17.9 Å². The number of nitrogens with one attached hydrogen (secondary N) is 2. The molecule has 0 aromatic carbocycles. The van der Waals surface area contributed by atoms with Gasteiger partial charge in [0.15, 0.2) is 0 Å². The summed E-state index contributed by atoms with van der Waals surface area (Å²) in [5.74, 6) is 0.146. The summed E-state index contributed by atoms with van der Waals surface area (Å²) in [7, 11) is 0. The van der Waals surface area contributed by atoms with Crippen molar-refractivity contribution in [2.75, 3.05) is 13.1 Å². The van der Waals surface area contributed by atoms with E-state index in [0.29, 0.717) is 19.0 Å². The molecule has 5 heteroatoms. The molecule has 0 spiro atoms. The van der Waals surface area contributed by atoms with Crippen LogP contribution in [-0.4, -0.2) is 41.5 Å². The van der Waals surface area contributed by atoms with E-state index in [9.17, 15) is 9.59 Å². The molecule has 104 valence electrons. The molecule has 1 heterocycles. The highest BCUT2D eigenvalue weighted by Crippen LogP contribution is 2.21. The van der Waals surface area contributed by atoms with Crippen molar-refractivity contribution >= 4 is 11.9 Å². The maximum atomic E-state index is 12.2. The van der Waals surface area contributed by atoms with Crippen LogP contribution in [0.3, 0.4) is 0 Å². The lowest BCUT2D eigenvalue weighted by molar-refractivity contribution is -0.131. The lowest BCUT2D eigenvalue weighted by Gasteiger charge is -2.22. The molecule has 0 aromatic heterocycles. The third-order valence-electron chi connectivity index (χ3n) is 3.42. The molecule has 0 saturated carbocycles. The van der Waals surface area contributed by atoms with Crippen LogP contribution in [-0.2, 0) is 4.79 Å². The summed E-state index contributed by atoms with van der Waals surface area (Å²) in [6.45, 7) is 11.2. The molecule has 1 aliphatic heterocycles. The Morgan fingerprint density at radius 2 is 1.94 bits per heavy atom. The minimum Gasteiger partial charge on any atom is -0.323 e. The average Bonchev–Trinajstić information content (AvgIpc) is 2.51. The first-order chi connectivity index (χ1) is 8.30. The molecule has 1 aliphatic rings. The second kappa shape index (κ2) is 5.69. The minimum atomic E-state index is -0.720. The molecule has 18 heavy (non-hydrogen) atoms. The molecule has 5 nitrogen and oxygen atoms in total. The highest BCUT2D eigenvalue weighted by molar-refractivity contribution is 6.06. The number of carbonyl (C=O) groups excluding carboxylic acids is 2. The molecular weight excluding hydrogens is 230 g/mol. The third kappa shape index (κ3) is 3.22. The number of nitrogens with zero attached hydrogens (tertiary/aromatic N) is 1. The van der Waals surface area contributed by atoms with Crippen LogP contribution in [0.25, 0.3) is 0 Å². The summed E-state index contributed by atoms with van der Waals surface area (Å²) in [5, 5.41) is 6.08. The average molecular weight is 255 g/mol. The second-order valence-electron chi connectivity index (χ2n) is 5.70. The molecule has 1 rings (SSSR count). The maximum absolute atomic E-state index is 12.2. The maximum Gasteiger partial charge on any atom is 0.325 e. The number of amides is 3. The highest BCUT2D eigenvalue weighted by Gasteiger charge is 2.46. The first-order valence-electron chi connectivity index (χ1n) is 6.67. The standard InChI is InChI=1S/C13H25N3O2/c1-6-13(5)11(17)16(12(18)15-13)8-10(4)7-14-9(2)3/h9-10,14H,6-8H2,1-5H3,(H,15,18). The van der Waals surface area contributed by atoms with Gasteiger partial charge in [-0.15, -0.1) is 0 Å². The molecule has 0 bridgehead atoms. The number of hydrogen-bond acceptors (Lipinski definition) is 3. The predicted octanol–water partition coefficient (Wildman–Crippen LogP) is 1.34. The fourth-order valence-corrected chi connectivity index (χ4v) is 1.97. The Balaban J connectivity index is 2.57. The zero-order valence-electron chi connectivity index (χ0n) is 12.0. The van der Waals surface area contributed by atoms with Gasteiger partial charge in [-0.05, 0) is 25.8 Å². The van der Waals surface area contributed by atoms with Crippen molar-refractivity contribution in [3.8, 4) is 0 Å². The van der Waals surface area contributed by atoms with E-state index < -0.39 is 5.54 Å². The van der Waals surface area contributed by atoms with Gasteiger partial charge in [0.05, 0.1) is 0 Å². The number of urea groups is 1. The van der Waals surface area contributed by atoms with Crippen LogP contribution in [0.4, 0.5) is 4.79 Å². The summed E-state index contributed by atoms with van der Waals surface area (Å²) >= 11 is 0. The zero-order chi connectivity index (χ0) is 13.9. The van der Waals surface area contributed by atoms with Crippen LogP contribution in [0.5, 0.6) is 0 Å². The number of hydrogen-bond donors (Lipinski definition) is 2. The Labute approximate surface area is 109 Å². The first-order valence-corrected chi connectivity index (χ1v) is 6.67. The van der Waals surface area contributed by atoms with Gasteiger partial charge in [0.2, 0.25) is 0 Å². The van der Waals surface area contributed by atoms with Gasteiger partial charge in [0.1, 0.15) is 5.54 Å². The predicted molar refractivity (Wildman–Crippen MR) is 71.2 cm³/mol. The molecule has 1 fully saturated rings. The molecular formula is C13H25N3O2. The van der Waals surface area contributed by atoms with Gasteiger partial charge >= 0.3 is 6.03 Å². The first kappa shape index (κ1) is 15.0. The Bertz CT molecular complexity index is 330. The second-order valence-corrected chi connectivity index (χ2v) is 5.70. The Morgan fingerprint density at radius 1 is 1.33 bits per heavy atom. The molecule has 2 atom stereocenters. The van der Waals surface area contributed by atoms with Crippen molar-refractivity contribution in [3.63, 3.8) is 0 Å². The molecule has 0 aliphatic carbocycles. The summed E-state index contributed by atoms with van der Waals surface area (Å²) in [6.07, 6.45) is 0.618. The lowest BCUT2D eigenvalue weighted by atomic mass is 9.99. The number of carbonyl (C=O) groups is 2. The van der Waals surface area contributed by atoms with Gasteiger partial charge in [-0.1, -0.05) is 27.7 Å². The van der Waals surface area contributed by atoms with E-state index in [1.807, 2.05) is 13.8 Å². The molecule has 2 N–H and O–H groups in total. The lowest BCUT2D eigenvalue weighted by Crippen LogP contribution is -2.44. The molecule has 3 amide bonds. The van der Waals surface area contributed by atoms with Crippen molar-refractivity contribution in [2.45, 2.75) is 52.6 Å². The van der Waals surface area contributed by atoms with Crippen LogP contribution in [0.1, 0.15) is 41.0 Å². The molecule has 2 unspecified atom stereocenters. The molecule has 0 radical (unpaired) electrons. The summed E-state index contributed by atoms with van der Waals surface area (Å²) in [6, 6.07) is 0.150. The third-order valence-corrected chi connectivity index (χ3v) is 3.42. The fraction of sp³-hybridized carbons (Fsp3) is 0.846. The Kier molecular flexibility index (Phi) is 4.73. The smallest absolute Gasteiger partial charge is 0.323 e. The van der Waals surface area contributed by atoms with Crippen molar-refractivity contribution in [3.05, 3.63) is 0 Å². The van der Waals surface area contributed by atoms with Crippen LogP contribution < -0.4 is 10.6 Å². The van der Waals surface area contributed by atoms with Gasteiger partial charge < -0.3 is 10.6 Å². The zero-order valence-corrected chi connectivity index (χ0v) is 12.0. The van der Waals surface area contributed by atoms with Crippen LogP contribution >= 0.6 is 0 Å². The van der Waals surface area contributed by atoms with Crippen molar-refractivity contribution < 1.29 is 9.59 Å². The normalized spacial score (nSPS) is 25.8. The van der Waals surface area contributed by atoms with Crippen molar-refractivity contribution in [2.24, 2.45) is 5.92 Å². The van der Waals surface area contributed by atoms with Crippen molar-refractivity contribution in [1.29, 1.82) is 0 Å². The Hall–Kier alpha value is -1.10. The van der Waals surface area contributed by atoms with E-state index in [1.165, 1.54) is 4.90 Å². The van der Waals surface area contributed by atoms with Gasteiger partial charge in [-0.25, -0.2) is 4.79 Å². The quantitative estimate of drug-likeness (QED) is 0.704. The topological polar surface area (TPSA) is 61.4 Å². The van der Waals surface area contributed by atoms with Gasteiger partial charge in [0, 0.05) is 12.6 Å². The highest BCUT2D eigenvalue weighted by atomic mass is 16.2. The molecule has 1 saturated heterocycles. The Morgan fingerprint density at radius 3 is 2.39 bits per heavy atom. The fourth-order valence-electron chi connectivity index (χ4n) is 1.97. The van der Waals surface area contributed by atoms with E-state index in [4.69, 9.17) is 0 Å². The summed E-state index contributed by atoms with van der Waals surface area (Å²) in [4.78, 5) is 25.3. The van der Waals surface area contributed by atoms with Crippen LogP contribution in [0.15, 0.2) is 0 Å². The van der Waals surface area contributed by atoms with E-state index in [0.717, 1.165) is 6.54 Å². The van der Waals surface area contributed by atoms with Crippen LogP contribution in [0.2, 0.25) is 0 Å². The van der Waals surface area contributed by atoms with E-state index >= 15 is 0 Å². The SMILES string of the molecule is CCC1(C)NC(=O)N(CC(C)CNC(C)C)C1=O. The largest absolute Gasteiger partial charge is 0.325 e.